The van der Waals surface area contributed by atoms with Crippen LogP contribution in [-0.4, -0.2) is 11.5 Å². The summed E-state index contributed by atoms with van der Waals surface area (Å²) in [7, 11) is 0. The first-order valence-electron chi connectivity index (χ1n) is 6.75. The van der Waals surface area contributed by atoms with Gasteiger partial charge < -0.3 is 10.6 Å². The van der Waals surface area contributed by atoms with Gasteiger partial charge in [-0.3, -0.25) is 0 Å². The Bertz CT molecular complexity index is 602. The van der Waals surface area contributed by atoms with E-state index < -0.39 is 0 Å². The molecule has 0 aliphatic rings. The molecule has 0 saturated carbocycles. The molecule has 0 radical (unpaired) electrons. The van der Waals surface area contributed by atoms with Crippen LogP contribution in [0.3, 0.4) is 0 Å². The molecule has 102 valence electrons. The Balaban J connectivity index is 2.39. The average molecular weight is 266 g/mol. The van der Waals surface area contributed by atoms with Crippen molar-refractivity contribution < 1.29 is 0 Å². The third-order valence-electron chi connectivity index (χ3n) is 3.10. The predicted molar refractivity (Wildman–Crippen MR) is 81.7 cm³/mol. The summed E-state index contributed by atoms with van der Waals surface area (Å²) in [6.45, 7) is 3.02. The molecule has 4 nitrogen and oxygen atoms in total. The van der Waals surface area contributed by atoms with Gasteiger partial charge in [0.1, 0.15) is 11.9 Å². The van der Waals surface area contributed by atoms with Gasteiger partial charge in [-0.15, -0.1) is 0 Å². The Hall–Kier alpha value is -2.54. The van der Waals surface area contributed by atoms with Gasteiger partial charge in [0.05, 0.1) is 5.69 Å². The second kappa shape index (κ2) is 6.58. The molecule has 2 N–H and O–H groups in total. The molecule has 2 rings (SSSR count). The van der Waals surface area contributed by atoms with Crippen LogP contribution < -0.4 is 10.6 Å². The Morgan fingerprint density at radius 1 is 1.20 bits per heavy atom. The Morgan fingerprint density at radius 2 is 1.95 bits per heavy atom. The SMILES string of the molecule is CCCCN(c1ccccc1)c1ccc(N)c(C#N)n1. The topological polar surface area (TPSA) is 65.9 Å². The lowest BCUT2D eigenvalue weighted by atomic mass is 10.2. The van der Waals surface area contributed by atoms with Crippen molar-refractivity contribution in [1.82, 2.24) is 4.98 Å². The predicted octanol–water partition coefficient (Wildman–Crippen LogP) is 3.47. The summed E-state index contributed by atoms with van der Waals surface area (Å²) in [5.41, 5.74) is 7.50. The van der Waals surface area contributed by atoms with E-state index in [-0.39, 0.29) is 5.69 Å². The maximum Gasteiger partial charge on any atom is 0.165 e. The molecule has 1 aromatic heterocycles. The van der Waals surface area contributed by atoms with Crippen molar-refractivity contribution in [2.45, 2.75) is 19.8 Å². The third-order valence-corrected chi connectivity index (χ3v) is 3.10. The van der Waals surface area contributed by atoms with Crippen molar-refractivity contribution in [3.63, 3.8) is 0 Å². The number of para-hydroxylation sites is 1. The van der Waals surface area contributed by atoms with Crippen LogP contribution in [0, 0.1) is 11.3 Å². The summed E-state index contributed by atoms with van der Waals surface area (Å²) >= 11 is 0. The fraction of sp³-hybridized carbons (Fsp3) is 0.250. The molecule has 0 spiro atoms. The second-order valence-electron chi connectivity index (χ2n) is 4.56. The zero-order chi connectivity index (χ0) is 14.4. The molecule has 0 aliphatic carbocycles. The molecule has 0 unspecified atom stereocenters. The van der Waals surface area contributed by atoms with Crippen molar-refractivity contribution in [2.75, 3.05) is 17.2 Å². The van der Waals surface area contributed by atoms with Crippen molar-refractivity contribution in [2.24, 2.45) is 0 Å². The number of anilines is 3. The van der Waals surface area contributed by atoms with Crippen molar-refractivity contribution in [3.05, 3.63) is 48.2 Å². The number of rotatable bonds is 5. The monoisotopic (exact) mass is 266 g/mol. The van der Waals surface area contributed by atoms with Crippen molar-refractivity contribution in [1.29, 1.82) is 5.26 Å². The number of nitrogens with zero attached hydrogens (tertiary/aromatic N) is 3. The van der Waals surface area contributed by atoms with E-state index in [4.69, 9.17) is 11.0 Å². The highest BCUT2D eigenvalue weighted by Crippen LogP contribution is 2.25. The highest BCUT2D eigenvalue weighted by molar-refractivity contribution is 5.63. The molecule has 1 heterocycles. The fourth-order valence-electron chi connectivity index (χ4n) is 2.00. The molecule has 0 amide bonds. The van der Waals surface area contributed by atoms with Crippen molar-refractivity contribution >= 4 is 17.2 Å². The second-order valence-corrected chi connectivity index (χ2v) is 4.56. The molecule has 2 aromatic rings. The molecular formula is C16H18N4. The van der Waals surface area contributed by atoms with Crippen LogP contribution >= 0.6 is 0 Å². The van der Waals surface area contributed by atoms with Gasteiger partial charge in [0, 0.05) is 12.2 Å². The van der Waals surface area contributed by atoms with Crippen LogP contribution in [0.25, 0.3) is 0 Å². The summed E-state index contributed by atoms with van der Waals surface area (Å²) < 4.78 is 0. The average Bonchev–Trinajstić information content (AvgIpc) is 2.50. The number of unbranched alkanes of at least 4 members (excludes halogenated alkanes) is 1. The fourth-order valence-corrected chi connectivity index (χ4v) is 2.00. The first-order chi connectivity index (χ1) is 9.76. The molecule has 0 atom stereocenters. The maximum absolute atomic E-state index is 9.06. The first kappa shape index (κ1) is 13.9. The van der Waals surface area contributed by atoms with E-state index >= 15 is 0 Å². The molecular weight excluding hydrogens is 248 g/mol. The zero-order valence-electron chi connectivity index (χ0n) is 11.6. The van der Waals surface area contributed by atoms with Crippen LogP contribution in [0.2, 0.25) is 0 Å². The molecule has 0 bridgehead atoms. The molecule has 1 aromatic carbocycles. The number of benzene rings is 1. The molecule has 4 heteroatoms. The number of nitriles is 1. The summed E-state index contributed by atoms with van der Waals surface area (Å²) in [5, 5.41) is 9.06. The summed E-state index contributed by atoms with van der Waals surface area (Å²) in [4.78, 5) is 6.48. The van der Waals surface area contributed by atoms with E-state index in [0.717, 1.165) is 30.9 Å². The normalized spacial score (nSPS) is 10.0. The largest absolute Gasteiger partial charge is 0.396 e. The standard InChI is InChI=1S/C16H18N4/c1-2-3-11-20(13-7-5-4-6-8-13)16-10-9-14(18)15(12-17)19-16/h4-10H,2-3,11,18H2,1H3. The van der Waals surface area contributed by atoms with Crippen LogP contribution in [0.1, 0.15) is 25.5 Å². The van der Waals surface area contributed by atoms with Crippen LogP contribution in [0.5, 0.6) is 0 Å². The Kier molecular flexibility index (Phi) is 4.56. The summed E-state index contributed by atoms with van der Waals surface area (Å²) in [6.07, 6.45) is 2.16. The molecule has 20 heavy (non-hydrogen) atoms. The van der Waals surface area contributed by atoms with E-state index in [1.54, 1.807) is 6.07 Å². The van der Waals surface area contributed by atoms with E-state index in [9.17, 15) is 0 Å². The molecule has 0 aliphatic heterocycles. The molecule has 0 saturated heterocycles. The van der Waals surface area contributed by atoms with Gasteiger partial charge in [-0.25, -0.2) is 4.98 Å². The van der Waals surface area contributed by atoms with E-state index in [2.05, 4.69) is 16.8 Å². The lowest BCUT2D eigenvalue weighted by Crippen LogP contribution is -2.20. The van der Waals surface area contributed by atoms with E-state index in [1.165, 1.54) is 0 Å². The highest BCUT2D eigenvalue weighted by atomic mass is 15.2. The smallest absolute Gasteiger partial charge is 0.165 e. The van der Waals surface area contributed by atoms with Crippen molar-refractivity contribution in [3.8, 4) is 6.07 Å². The number of hydrogen-bond acceptors (Lipinski definition) is 4. The lowest BCUT2D eigenvalue weighted by molar-refractivity contribution is 0.779. The van der Waals surface area contributed by atoms with Gasteiger partial charge in [0.15, 0.2) is 5.69 Å². The zero-order valence-corrected chi connectivity index (χ0v) is 11.6. The Morgan fingerprint density at radius 3 is 2.60 bits per heavy atom. The van der Waals surface area contributed by atoms with Crippen LogP contribution in [0.4, 0.5) is 17.2 Å². The van der Waals surface area contributed by atoms with Gasteiger partial charge in [-0.1, -0.05) is 31.5 Å². The maximum atomic E-state index is 9.06. The summed E-state index contributed by atoms with van der Waals surface area (Å²) in [5.74, 6) is 0.760. The van der Waals surface area contributed by atoms with E-state index in [1.807, 2.05) is 42.5 Å². The minimum Gasteiger partial charge on any atom is -0.396 e. The Labute approximate surface area is 119 Å². The van der Waals surface area contributed by atoms with Crippen LogP contribution in [0.15, 0.2) is 42.5 Å². The number of pyridine rings is 1. The van der Waals surface area contributed by atoms with E-state index in [0.29, 0.717) is 5.69 Å². The van der Waals surface area contributed by atoms with Gasteiger partial charge in [-0.05, 0) is 30.7 Å². The van der Waals surface area contributed by atoms with Gasteiger partial charge in [0.25, 0.3) is 0 Å². The third kappa shape index (κ3) is 3.07. The number of hydrogen-bond donors (Lipinski definition) is 1. The minimum atomic E-state index is 0.278. The molecule has 0 fully saturated rings. The van der Waals surface area contributed by atoms with Gasteiger partial charge in [0.2, 0.25) is 0 Å². The highest BCUT2D eigenvalue weighted by Gasteiger charge is 2.11. The minimum absolute atomic E-state index is 0.278. The number of nitrogens with two attached hydrogens (primary N) is 1. The lowest BCUT2D eigenvalue weighted by Gasteiger charge is -2.24. The number of aromatic nitrogens is 1. The van der Waals surface area contributed by atoms with Gasteiger partial charge in [-0.2, -0.15) is 5.26 Å². The quantitative estimate of drug-likeness (QED) is 0.899. The van der Waals surface area contributed by atoms with Gasteiger partial charge >= 0.3 is 0 Å². The summed E-state index contributed by atoms with van der Waals surface area (Å²) in [6, 6.07) is 15.7. The first-order valence-corrected chi connectivity index (χ1v) is 6.75. The number of nitrogen functional groups attached to an aromatic ring is 1. The van der Waals surface area contributed by atoms with Crippen LogP contribution in [-0.2, 0) is 0 Å².